The minimum Gasteiger partial charge on any atom is -0.466 e. The van der Waals surface area contributed by atoms with Crippen molar-refractivity contribution in [2.75, 3.05) is 20.3 Å². The molecule has 0 unspecified atom stereocenters. The average Bonchev–Trinajstić information content (AvgIpc) is 2.89. The lowest BCUT2D eigenvalue weighted by Gasteiger charge is -2.34. The van der Waals surface area contributed by atoms with E-state index >= 15 is 0 Å². The minimum absolute atomic E-state index is 0.00341. The molecule has 0 saturated carbocycles. The van der Waals surface area contributed by atoms with Crippen LogP contribution in [0.25, 0.3) is 0 Å². The van der Waals surface area contributed by atoms with Crippen molar-refractivity contribution >= 4 is 35.1 Å². The van der Waals surface area contributed by atoms with Crippen LogP contribution in [0.2, 0.25) is 5.02 Å². The Hall–Kier alpha value is -3.75. The van der Waals surface area contributed by atoms with Gasteiger partial charge in [-0.2, -0.15) is 0 Å². The molecule has 2 aromatic carbocycles. The second-order valence-corrected chi connectivity index (χ2v) is 8.90. The highest BCUT2D eigenvalue weighted by molar-refractivity contribution is 6.31. The number of ether oxygens (including phenoxy) is 3. The largest absolute Gasteiger partial charge is 0.466 e. The summed E-state index contributed by atoms with van der Waals surface area (Å²) in [5.74, 6) is -3.13. The fourth-order valence-electron chi connectivity index (χ4n) is 4.67. The van der Waals surface area contributed by atoms with Crippen molar-refractivity contribution in [2.24, 2.45) is 0 Å². The van der Waals surface area contributed by atoms with Crippen LogP contribution in [0, 0.1) is 0 Å². The number of hydrogen-bond acceptors (Lipinski definition) is 8. The Balaban J connectivity index is 1.99. The Morgan fingerprint density at radius 2 is 1.70 bits per heavy atom. The topological polar surface area (TPSA) is 108 Å². The molecule has 0 aromatic heterocycles. The van der Waals surface area contributed by atoms with Gasteiger partial charge in [-0.15, -0.1) is 0 Å². The number of ketones is 2. The van der Waals surface area contributed by atoms with E-state index in [9.17, 15) is 19.2 Å². The molecule has 9 heteroatoms. The van der Waals surface area contributed by atoms with Crippen LogP contribution < -0.4 is 5.32 Å². The van der Waals surface area contributed by atoms with Crippen molar-refractivity contribution in [1.82, 2.24) is 5.32 Å². The molecule has 192 valence electrons. The van der Waals surface area contributed by atoms with Gasteiger partial charge in [-0.05, 0) is 25.5 Å². The summed E-state index contributed by atoms with van der Waals surface area (Å²) in [6, 6.07) is 13.3. The number of carbonyl (C=O) groups excluding carboxylic acids is 4. The highest BCUT2D eigenvalue weighted by Crippen LogP contribution is 2.43. The van der Waals surface area contributed by atoms with Crippen LogP contribution in [0.5, 0.6) is 0 Å². The first-order valence-corrected chi connectivity index (χ1v) is 12.2. The van der Waals surface area contributed by atoms with Gasteiger partial charge in [0.2, 0.25) is 0 Å². The first-order valence-electron chi connectivity index (χ1n) is 11.8. The summed E-state index contributed by atoms with van der Waals surface area (Å²) in [7, 11) is 1.24. The summed E-state index contributed by atoms with van der Waals surface area (Å²) < 4.78 is 16.4. The number of Topliss-reactive ketones (excluding diaryl/α,β-unsaturated/α-hetero) is 2. The molecule has 0 bridgehead atoms. The maximum atomic E-state index is 13.8. The highest BCUT2D eigenvalue weighted by atomic mass is 35.5. The Morgan fingerprint density at radius 3 is 2.38 bits per heavy atom. The van der Waals surface area contributed by atoms with E-state index in [1.54, 1.807) is 62.4 Å². The SMILES string of the molecule is CCOC(=O)C1=C([C@H]2OCCC(=O)c3ccccc3C2=O)NC(C)=C(C(=O)OC)[C@@H]1c1ccccc1Cl. The lowest BCUT2D eigenvalue weighted by molar-refractivity contribution is -0.139. The predicted octanol–water partition coefficient (Wildman–Crippen LogP) is 4.15. The maximum Gasteiger partial charge on any atom is 0.336 e. The molecule has 2 aromatic rings. The second kappa shape index (κ2) is 11.1. The fraction of sp³-hybridized carbons (Fsp3) is 0.286. The van der Waals surface area contributed by atoms with E-state index in [4.69, 9.17) is 25.8 Å². The maximum absolute atomic E-state index is 13.8. The third kappa shape index (κ3) is 4.95. The van der Waals surface area contributed by atoms with Gasteiger partial charge in [-0.25, -0.2) is 9.59 Å². The number of nitrogens with one attached hydrogen (secondary N) is 1. The van der Waals surface area contributed by atoms with E-state index in [1.807, 2.05) is 0 Å². The molecular formula is C28H26ClNO7. The summed E-state index contributed by atoms with van der Waals surface area (Å²) >= 11 is 6.55. The molecule has 2 atom stereocenters. The summed E-state index contributed by atoms with van der Waals surface area (Å²) in [4.78, 5) is 52.9. The zero-order valence-electron chi connectivity index (χ0n) is 20.6. The number of esters is 2. The van der Waals surface area contributed by atoms with Crippen LogP contribution >= 0.6 is 11.6 Å². The second-order valence-electron chi connectivity index (χ2n) is 8.49. The van der Waals surface area contributed by atoms with Gasteiger partial charge < -0.3 is 19.5 Å². The Labute approximate surface area is 219 Å². The molecule has 8 nitrogen and oxygen atoms in total. The van der Waals surface area contributed by atoms with Gasteiger partial charge >= 0.3 is 11.9 Å². The van der Waals surface area contributed by atoms with Gasteiger partial charge in [0.1, 0.15) is 0 Å². The van der Waals surface area contributed by atoms with Gasteiger partial charge in [0.25, 0.3) is 0 Å². The van der Waals surface area contributed by atoms with Crippen molar-refractivity contribution < 1.29 is 33.4 Å². The Bertz CT molecular complexity index is 1340. The Morgan fingerprint density at radius 1 is 1.03 bits per heavy atom. The summed E-state index contributed by atoms with van der Waals surface area (Å²) in [5, 5.41) is 3.38. The first-order chi connectivity index (χ1) is 17.8. The number of hydrogen-bond donors (Lipinski definition) is 1. The lowest BCUT2D eigenvalue weighted by atomic mass is 9.78. The van der Waals surface area contributed by atoms with Crippen LogP contribution in [-0.2, 0) is 23.8 Å². The van der Waals surface area contributed by atoms with Gasteiger partial charge in [-0.3, -0.25) is 9.59 Å². The van der Waals surface area contributed by atoms with Crippen LogP contribution in [0.1, 0.15) is 52.5 Å². The summed E-state index contributed by atoms with van der Waals surface area (Å²) in [6.45, 7) is 3.30. The molecule has 0 radical (unpaired) electrons. The molecule has 0 aliphatic carbocycles. The molecule has 4 rings (SSSR count). The zero-order chi connectivity index (χ0) is 26.7. The van der Waals surface area contributed by atoms with E-state index in [-0.39, 0.29) is 47.8 Å². The quantitative estimate of drug-likeness (QED) is 0.582. The number of methoxy groups -OCH3 is 1. The van der Waals surface area contributed by atoms with Gasteiger partial charge in [-0.1, -0.05) is 54.1 Å². The number of allylic oxidation sites excluding steroid dienone is 1. The molecular weight excluding hydrogens is 498 g/mol. The smallest absolute Gasteiger partial charge is 0.336 e. The van der Waals surface area contributed by atoms with Crippen LogP contribution in [-0.4, -0.2) is 49.9 Å². The van der Waals surface area contributed by atoms with E-state index in [2.05, 4.69) is 5.32 Å². The van der Waals surface area contributed by atoms with E-state index in [0.29, 0.717) is 21.8 Å². The number of fused-ring (bicyclic) bond motifs is 1. The fourth-order valence-corrected chi connectivity index (χ4v) is 4.92. The number of carbonyl (C=O) groups is 4. The van der Waals surface area contributed by atoms with Gasteiger partial charge in [0.15, 0.2) is 17.7 Å². The van der Waals surface area contributed by atoms with Crippen molar-refractivity contribution in [2.45, 2.75) is 32.3 Å². The number of benzene rings is 2. The molecule has 1 N–H and O–H groups in total. The van der Waals surface area contributed by atoms with Gasteiger partial charge in [0.05, 0.1) is 43.1 Å². The van der Waals surface area contributed by atoms with Crippen molar-refractivity contribution in [3.05, 3.63) is 92.8 Å². The molecule has 37 heavy (non-hydrogen) atoms. The third-order valence-corrected chi connectivity index (χ3v) is 6.66. The first kappa shape index (κ1) is 26.3. The lowest BCUT2D eigenvalue weighted by Crippen LogP contribution is -2.42. The molecule has 2 heterocycles. The molecule has 0 amide bonds. The monoisotopic (exact) mass is 523 g/mol. The number of halogens is 1. The summed E-state index contributed by atoms with van der Waals surface area (Å²) in [5.41, 5.74) is 1.58. The minimum atomic E-state index is -1.27. The summed E-state index contributed by atoms with van der Waals surface area (Å²) in [6.07, 6.45) is -1.22. The van der Waals surface area contributed by atoms with E-state index in [1.165, 1.54) is 7.11 Å². The van der Waals surface area contributed by atoms with Crippen molar-refractivity contribution in [1.29, 1.82) is 0 Å². The standard InChI is InChI=1S/C28H26ClNO7/c1-4-36-28(34)23-22(18-11-7-8-12-19(18)29)21(27(33)35-3)15(2)30-24(23)26-25(32)17-10-6-5-9-16(17)20(31)13-14-37-26/h5-12,22,26,30H,4,13-14H2,1-3H3/t22-,26+/m0/s1. The van der Waals surface area contributed by atoms with Crippen molar-refractivity contribution in [3.8, 4) is 0 Å². The molecule has 2 aliphatic heterocycles. The highest BCUT2D eigenvalue weighted by Gasteiger charge is 2.44. The molecule has 0 fully saturated rings. The third-order valence-electron chi connectivity index (χ3n) is 6.32. The van der Waals surface area contributed by atoms with Crippen LogP contribution in [0.15, 0.2) is 71.1 Å². The van der Waals surface area contributed by atoms with E-state index < -0.39 is 29.7 Å². The average molecular weight is 524 g/mol. The van der Waals surface area contributed by atoms with Crippen LogP contribution in [0.4, 0.5) is 0 Å². The number of rotatable bonds is 5. The molecule has 0 spiro atoms. The number of dihydropyridines is 1. The van der Waals surface area contributed by atoms with Crippen molar-refractivity contribution in [3.63, 3.8) is 0 Å². The predicted molar refractivity (Wildman–Crippen MR) is 135 cm³/mol. The normalized spacial score (nSPS) is 20.0. The Kier molecular flexibility index (Phi) is 7.90. The van der Waals surface area contributed by atoms with E-state index in [0.717, 1.165) is 0 Å². The zero-order valence-corrected chi connectivity index (χ0v) is 21.4. The molecule has 0 saturated heterocycles. The van der Waals surface area contributed by atoms with Crippen LogP contribution in [0.3, 0.4) is 0 Å². The van der Waals surface area contributed by atoms with Gasteiger partial charge in [0, 0.05) is 28.3 Å². The molecule has 2 aliphatic rings.